The van der Waals surface area contributed by atoms with Crippen molar-refractivity contribution >= 4 is 67.2 Å². The van der Waals surface area contributed by atoms with Gasteiger partial charge in [0.25, 0.3) is 0 Å². The number of para-hydroxylation sites is 1. The summed E-state index contributed by atoms with van der Waals surface area (Å²) in [4.78, 5) is 17.0. The number of fused-ring (bicyclic) bond motifs is 3. The zero-order valence-electron chi connectivity index (χ0n) is 29.4. The molecule has 0 N–H and O–H groups in total. The van der Waals surface area contributed by atoms with Gasteiger partial charge in [-0.3, -0.25) is 4.79 Å². The number of hydrogen-bond acceptors (Lipinski definition) is 6. The molecular weight excluding hydrogens is 671 g/mol. The predicted octanol–water partition coefficient (Wildman–Crippen LogP) is 13.0. The van der Waals surface area contributed by atoms with E-state index in [1.54, 1.807) is 4.88 Å². The number of rotatable bonds is 16. The number of unbranched alkanes of at least 4 members (excludes halogenated alkanes) is 3. The Hall–Kier alpha value is -3.65. The third-order valence-electron chi connectivity index (χ3n) is 9.88. The summed E-state index contributed by atoms with van der Waals surface area (Å²) in [6, 6.07) is 31.6. The van der Waals surface area contributed by atoms with E-state index >= 15 is 0 Å². The van der Waals surface area contributed by atoms with Gasteiger partial charge in [0.05, 0.1) is 22.8 Å². The molecule has 2 unspecified atom stereocenters. The van der Waals surface area contributed by atoms with Gasteiger partial charge >= 0.3 is 0 Å². The third kappa shape index (κ3) is 8.98. The van der Waals surface area contributed by atoms with Crippen LogP contribution >= 0.6 is 34.4 Å². The molecular formula is C43H49N3OS3. The number of benzene rings is 3. The van der Waals surface area contributed by atoms with E-state index in [-0.39, 0.29) is 5.43 Å². The lowest BCUT2D eigenvalue weighted by Gasteiger charge is -2.20. The molecule has 7 aromatic rings. The molecule has 2 atom stereocenters. The molecule has 0 bridgehead atoms. The molecule has 0 aliphatic heterocycles. The summed E-state index contributed by atoms with van der Waals surface area (Å²) in [6.45, 7) is 5.52. The Labute approximate surface area is 309 Å². The first-order valence-electron chi connectivity index (χ1n) is 18.4. The van der Waals surface area contributed by atoms with Gasteiger partial charge in [0.15, 0.2) is 5.43 Å². The first-order chi connectivity index (χ1) is 24.7. The lowest BCUT2D eigenvalue weighted by atomic mass is 9.88. The fourth-order valence-electron chi connectivity index (χ4n) is 7.31. The Balaban J connectivity index is 0.000000412. The monoisotopic (exact) mass is 719 g/mol. The van der Waals surface area contributed by atoms with Gasteiger partial charge in [-0.05, 0) is 109 Å². The molecule has 4 aromatic heterocycles. The molecule has 0 saturated carbocycles. The van der Waals surface area contributed by atoms with Crippen LogP contribution in [0.4, 0.5) is 0 Å². The topological polar surface area (TPSA) is 47.8 Å². The van der Waals surface area contributed by atoms with E-state index in [0.29, 0.717) is 11.8 Å². The van der Waals surface area contributed by atoms with Crippen molar-refractivity contribution in [2.75, 3.05) is 0 Å². The van der Waals surface area contributed by atoms with E-state index in [2.05, 4.69) is 92.5 Å². The average Bonchev–Trinajstić information content (AvgIpc) is 3.97. The predicted molar refractivity (Wildman–Crippen MR) is 218 cm³/mol. The molecule has 7 heteroatoms. The van der Waals surface area contributed by atoms with E-state index in [0.717, 1.165) is 58.6 Å². The molecule has 0 spiro atoms. The van der Waals surface area contributed by atoms with Crippen LogP contribution in [-0.2, 0) is 13.0 Å². The van der Waals surface area contributed by atoms with E-state index in [1.807, 2.05) is 59.1 Å². The largest absolute Gasteiger partial charge is 0.340 e. The Morgan fingerprint density at radius 1 is 0.620 bits per heavy atom. The quantitative estimate of drug-likeness (QED) is 0.0738. The van der Waals surface area contributed by atoms with Gasteiger partial charge in [-0.15, -0.1) is 22.7 Å². The molecule has 0 fully saturated rings. The molecule has 4 heterocycles. The van der Waals surface area contributed by atoms with Crippen molar-refractivity contribution in [1.82, 2.24) is 13.3 Å². The first kappa shape index (κ1) is 36.2. The number of pyridine rings is 1. The van der Waals surface area contributed by atoms with Gasteiger partial charge in [0.1, 0.15) is 11.0 Å². The van der Waals surface area contributed by atoms with Crippen LogP contribution in [0.1, 0.15) is 105 Å². The molecule has 260 valence electrons. The van der Waals surface area contributed by atoms with Crippen LogP contribution in [0.5, 0.6) is 0 Å². The molecule has 0 amide bonds. The maximum absolute atomic E-state index is 13.9. The summed E-state index contributed by atoms with van der Waals surface area (Å²) in [5, 5.41) is 6.23. The molecule has 7 rings (SSSR count). The minimum Gasteiger partial charge on any atom is -0.340 e. The molecule has 4 nitrogen and oxygen atoms in total. The Morgan fingerprint density at radius 3 is 1.94 bits per heavy atom. The second kappa shape index (κ2) is 18.5. The van der Waals surface area contributed by atoms with Crippen LogP contribution in [0, 0.1) is 0 Å². The van der Waals surface area contributed by atoms with E-state index in [9.17, 15) is 4.79 Å². The first-order valence-corrected chi connectivity index (χ1v) is 20.9. The second-order valence-electron chi connectivity index (χ2n) is 13.3. The number of hydrogen-bond donors (Lipinski definition) is 0. The van der Waals surface area contributed by atoms with Crippen molar-refractivity contribution in [2.24, 2.45) is 0 Å². The maximum atomic E-state index is 13.9. The highest BCUT2D eigenvalue weighted by Crippen LogP contribution is 2.36. The standard InChI is InChI=1S/C37H45NOS2.C6H4N2S/c1-3-5-6-9-25-38-32-19-8-7-18-31(32)37(39)36-30(17-11-20-33(36)38)24-23-29(35-22-13-27-41-35)16-10-15-28(14-4-2)34-21-12-26-40-34;1-2-4-6-5(3-1)7-9-8-6/h7-8,11-13,17-22,26-29H,3-6,9-10,14-16,23-25H2,1-2H3;1-4H. The van der Waals surface area contributed by atoms with Gasteiger partial charge < -0.3 is 4.57 Å². The smallest absolute Gasteiger partial charge is 0.197 e. The summed E-state index contributed by atoms with van der Waals surface area (Å²) in [7, 11) is 0. The molecule has 3 aromatic carbocycles. The van der Waals surface area contributed by atoms with Crippen LogP contribution < -0.4 is 5.43 Å². The summed E-state index contributed by atoms with van der Waals surface area (Å²) >= 11 is 5.06. The van der Waals surface area contributed by atoms with E-state index in [4.69, 9.17) is 0 Å². The van der Waals surface area contributed by atoms with Crippen molar-refractivity contribution < 1.29 is 0 Å². The lowest BCUT2D eigenvalue weighted by Crippen LogP contribution is -2.14. The van der Waals surface area contributed by atoms with Crippen LogP contribution in [0.3, 0.4) is 0 Å². The summed E-state index contributed by atoms with van der Waals surface area (Å²) in [5.41, 5.74) is 5.56. The summed E-state index contributed by atoms with van der Waals surface area (Å²) in [6.07, 6.45) is 13.1. The Morgan fingerprint density at radius 2 is 1.28 bits per heavy atom. The third-order valence-corrected chi connectivity index (χ3v) is 12.5. The van der Waals surface area contributed by atoms with Crippen molar-refractivity contribution in [3.8, 4) is 0 Å². The molecule has 50 heavy (non-hydrogen) atoms. The highest BCUT2D eigenvalue weighted by molar-refractivity contribution is 7.10. The van der Waals surface area contributed by atoms with Crippen LogP contribution in [-0.4, -0.2) is 13.3 Å². The zero-order valence-corrected chi connectivity index (χ0v) is 31.9. The van der Waals surface area contributed by atoms with Crippen LogP contribution in [0.25, 0.3) is 32.8 Å². The fourth-order valence-corrected chi connectivity index (χ4v) is 9.63. The number of aryl methyl sites for hydroxylation is 2. The SMILES string of the molecule is CCCCCCn1c2ccccc2c(=O)c2c(CCC(CCCC(CCC)c3cccs3)c3cccs3)cccc21.c1ccc2nsnc2c1. The minimum absolute atomic E-state index is 0.196. The minimum atomic E-state index is 0.196. The van der Waals surface area contributed by atoms with Gasteiger partial charge in [0, 0.05) is 27.1 Å². The highest BCUT2D eigenvalue weighted by Gasteiger charge is 2.19. The van der Waals surface area contributed by atoms with E-state index < -0.39 is 0 Å². The summed E-state index contributed by atoms with van der Waals surface area (Å²) < 4.78 is 10.5. The fraction of sp³-hybridized carbons (Fsp3) is 0.372. The molecule has 0 radical (unpaired) electrons. The Kier molecular flexibility index (Phi) is 13.4. The number of nitrogens with zero attached hydrogens (tertiary/aromatic N) is 3. The van der Waals surface area contributed by atoms with Gasteiger partial charge in [-0.2, -0.15) is 8.75 Å². The maximum Gasteiger partial charge on any atom is 0.197 e. The van der Waals surface area contributed by atoms with Crippen molar-refractivity contribution in [2.45, 2.75) is 103 Å². The lowest BCUT2D eigenvalue weighted by molar-refractivity contribution is 0.493. The normalized spacial score (nSPS) is 12.7. The number of aromatic nitrogens is 3. The van der Waals surface area contributed by atoms with E-state index in [1.165, 1.54) is 73.5 Å². The van der Waals surface area contributed by atoms with Crippen molar-refractivity contribution in [1.29, 1.82) is 0 Å². The zero-order chi connectivity index (χ0) is 34.5. The second-order valence-corrected chi connectivity index (χ2v) is 15.8. The molecule has 0 aliphatic rings. The Bertz CT molecular complexity index is 2070. The van der Waals surface area contributed by atoms with Crippen LogP contribution in [0.15, 0.2) is 107 Å². The molecule has 0 saturated heterocycles. The number of thiophene rings is 2. The van der Waals surface area contributed by atoms with Crippen molar-refractivity contribution in [3.63, 3.8) is 0 Å². The van der Waals surface area contributed by atoms with Crippen LogP contribution in [0.2, 0.25) is 0 Å². The average molecular weight is 720 g/mol. The summed E-state index contributed by atoms with van der Waals surface area (Å²) in [5.74, 6) is 1.22. The van der Waals surface area contributed by atoms with Crippen molar-refractivity contribution in [3.05, 3.63) is 127 Å². The molecule has 0 aliphatic carbocycles. The highest BCUT2D eigenvalue weighted by atomic mass is 32.1. The van der Waals surface area contributed by atoms with Gasteiger partial charge in [-0.25, -0.2) is 0 Å². The van der Waals surface area contributed by atoms with Gasteiger partial charge in [0.2, 0.25) is 0 Å². The van der Waals surface area contributed by atoms with Gasteiger partial charge in [-0.1, -0.05) is 94.5 Å².